The zero-order chi connectivity index (χ0) is 20.7. The number of hydrogen-bond acceptors (Lipinski definition) is 3. The Kier molecular flexibility index (Phi) is 7.75. The first-order chi connectivity index (χ1) is 13.3. The highest BCUT2D eigenvalue weighted by atomic mass is 19.1. The number of guanidine groups is 1. The Hall–Kier alpha value is -2.67. The first kappa shape index (κ1) is 21.6. The molecular formula is C21H28F2N4O. The number of methoxy groups -OCH3 is 1. The van der Waals surface area contributed by atoms with Crippen LogP contribution in [0.4, 0.5) is 8.78 Å². The minimum atomic E-state index is -0.393. The number of nitrogens with zero attached hydrogens (tertiary/aromatic N) is 3. The molecule has 0 heterocycles. The van der Waals surface area contributed by atoms with E-state index in [0.29, 0.717) is 31.2 Å². The average molecular weight is 390 g/mol. The second kappa shape index (κ2) is 10.0. The van der Waals surface area contributed by atoms with E-state index in [4.69, 9.17) is 4.74 Å². The van der Waals surface area contributed by atoms with Gasteiger partial charge in [-0.15, -0.1) is 0 Å². The zero-order valence-corrected chi connectivity index (χ0v) is 17.1. The molecule has 0 amide bonds. The number of rotatable bonds is 7. The van der Waals surface area contributed by atoms with E-state index in [1.807, 2.05) is 43.1 Å². The van der Waals surface area contributed by atoms with E-state index in [1.165, 1.54) is 19.2 Å². The van der Waals surface area contributed by atoms with E-state index >= 15 is 0 Å². The predicted molar refractivity (Wildman–Crippen MR) is 108 cm³/mol. The van der Waals surface area contributed by atoms with Crippen molar-refractivity contribution in [3.8, 4) is 5.75 Å². The van der Waals surface area contributed by atoms with E-state index in [0.717, 1.165) is 11.1 Å². The Morgan fingerprint density at radius 3 is 2.32 bits per heavy atom. The van der Waals surface area contributed by atoms with Gasteiger partial charge in [0.25, 0.3) is 0 Å². The third kappa shape index (κ3) is 5.92. The van der Waals surface area contributed by atoms with E-state index in [1.54, 1.807) is 19.2 Å². The SMILES string of the molecule is CN=C(NCc1ccc(F)c(CN(C)C)c1)N(C)Cc1ccc(OC)c(F)c1. The third-order valence-electron chi connectivity index (χ3n) is 4.26. The molecule has 0 spiro atoms. The summed E-state index contributed by atoms with van der Waals surface area (Å²) in [4.78, 5) is 8.10. The maximum Gasteiger partial charge on any atom is 0.193 e. The van der Waals surface area contributed by atoms with E-state index in [2.05, 4.69) is 10.3 Å². The summed E-state index contributed by atoms with van der Waals surface area (Å²) in [6, 6.07) is 9.99. The maximum atomic E-state index is 13.9. The number of nitrogens with one attached hydrogen (secondary N) is 1. The molecular weight excluding hydrogens is 362 g/mol. The average Bonchev–Trinajstić information content (AvgIpc) is 2.64. The maximum absolute atomic E-state index is 13.9. The zero-order valence-electron chi connectivity index (χ0n) is 17.1. The van der Waals surface area contributed by atoms with Crippen molar-refractivity contribution >= 4 is 5.96 Å². The van der Waals surface area contributed by atoms with Gasteiger partial charge in [-0.2, -0.15) is 0 Å². The lowest BCUT2D eigenvalue weighted by atomic mass is 10.1. The highest BCUT2D eigenvalue weighted by Gasteiger charge is 2.10. The molecule has 2 aromatic rings. The Morgan fingerprint density at radius 2 is 1.71 bits per heavy atom. The Balaban J connectivity index is 2.01. The van der Waals surface area contributed by atoms with Crippen LogP contribution in [-0.4, -0.2) is 51.1 Å². The van der Waals surface area contributed by atoms with Crippen molar-refractivity contribution < 1.29 is 13.5 Å². The van der Waals surface area contributed by atoms with Gasteiger partial charge in [0.15, 0.2) is 17.5 Å². The highest BCUT2D eigenvalue weighted by molar-refractivity contribution is 5.79. The van der Waals surface area contributed by atoms with Crippen LogP contribution in [0.3, 0.4) is 0 Å². The van der Waals surface area contributed by atoms with E-state index < -0.39 is 5.82 Å². The molecule has 0 saturated carbocycles. The fourth-order valence-corrected chi connectivity index (χ4v) is 2.92. The topological polar surface area (TPSA) is 40.1 Å². The second-order valence-corrected chi connectivity index (χ2v) is 6.89. The summed E-state index contributed by atoms with van der Waals surface area (Å²) in [5.74, 6) is 0.282. The fourth-order valence-electron chi connectivity index (χ4n) is 2.92. The summed E-state index contributed by atoms with van der Waals surface area (Å²) in [5, 5.41) is 3.26. The molecule has 7 heteroatoms. The monoisotopic (exact) mass is 390 g/mol. The van der Waals surface area contributed by atoms with Crippen molar-refractivity contribution in [1.82, 2.24) is 15.1 Å². The minimum absolute atomic E-state index is 0.208. The van der Waals surface area contributed by atoms with Gasteiger partial charge < -0.3 is 19.9 Å². The van der Waals surface area contributed by atoms with Crippen molar-refractivity contribution in [2.75, 3.05) is 35.3 Å². The molecule has 0 fully saturated rings. The van der Waals surface area contributed by atoms with Gasteiger partial charge in [-0.25, -0.2) is 8.78 Å². The number of halogens is 2. The van der Waals surface area contributed by atoms with Gasteiger partial charge in [-0.05, 0) is 49.5 Å². The number of aliphatic imine (C=N–C) groups is 1. The number of ether oxygens (including phenoxy) is 1. The molecule has 0 unspecified atom stereocenters. The van der Waals surface area contributed by atoms with Crippen LogP contribution in [0.15, 0.2) is 41.4 Å². The molecule has 0 aliphatic carbocycles. The van der Waals surface area contributed by atoms with Crippen molar-refractivity contribution in [2.45, 2.75) is 19.6 Å². The summed E-state index contributed by atoms with van der Waals surface area (Å²) in [6.45, 7) is 1.53. The standard InChI is InChI=1S/C21H28F2N4O/c1-24-21(27(4)13-16-7-9-20(28-5)19(23)11-16)25-12-15-6-8-18(22)17(10-15)14-26(2)3/h6-11H,12-14H2,1-5H3,(H,24,25). The Morgan fingerprint density at radius 1 is 1.00 bits per heavy atom. The highest BCUT2D eigenvalue weighted by Crippen LogP contribution is 2.18. The Labute approximate surface area is 165 Å². The Bertz CT molecular complexity index is 824. The fraction of sp³-hybridized carbons (Fsp3) is 0.381. The molecule has 0 aromatic heterocycles. The predicted octanol–water partition coefficient (Wildman–Crippen LogP) is 3.24. The van der Waals surface area contributed by atoms with Gasteiger partial charge in [-0.3, -0.25) is 4.99 Å². The second-order valence-electron chi connectivity index (χ2n) is 6.89. The van der Waals surface area contributed by atoms with Crippen LogP contribution >= 0.6 is 0 Å². The van der Waals surface area contributed by atoms with Gasteiger partial charge >= 0.3 is 0 Å². The lowest BCUT2D eigenvalue weighted by Crippen LogP contribution is -2.38. The van der Waals surface area contributed by atoms with Crippen LogP contribution in [0, 0.1) is 11.6 Å². The molecule has 0 saturated heterocycles. The molecule has 2 rings (SSSR count). The summed E-state index contributed by atoms with van der Waals surface area (Å²) < 4.78 is 32.8. The lowest BCUT2D eigenvalue weighted by molar-refractivity contribution is 0.385. The summed E-state index contributed by atoms with van der Waals surface area (Å²) in [5.41, 5.74) is 2.42. The first-order valence-electron chi connectivity index (χ1n) is 9.00. The molecule has 1 N–H and O–H groups in total. The van der Waals surface area contributed by atoms with Crippen LogP contribution in [0.2, 0.25) is 0 Å². The van der Waals surface area contributed by atoms with Crippen LogP contribution in [-0.2, 0) is 19.6 Å². The molecule has 2 aromatic carbocycles. The third-order valence-corrected chi connectivity index (χ3v) is 4.26. The van der Waals surface area contributed by atoms with Gasteiger partial charge in [0.2, 0.25) is 0 Å². The van der Waals surface area contributed by atoms with Crippen molar-refractivity contribution in [1.29, 1.82) is 0 Å². The molecule has 5 nitrogen and oxygen atoms in total. The minimum Gasteiger partial charge on any atom is -0.494 e. The van der Waals surface area contributed by atoms with Crippen LogP contribution in [0.5, 0.6) is 5.75 Å². The first-order valence-corrected chi connectivity index (χ1v) is 9.00. The molecule has 28 heavy (non-hydrogen) atoms. The lowest BCUT2D eigenvalue weighted by Gasteiger charge is -2.22. The summed E-state index contributed by atoms with van der Waals surface area (Å²) >= 11 is 0. The van der Waals surface area contributed by atoms with Crippen molar-refractivity contribution in [2.24, 2.45) is 4.99 Å². The van der Waals surface area contributed by atoms with E-state index in [9.17, 15) is 8.78 Å². The summed E-state index contributed by atoms with van der Waals surface area (Å²) in [7, 11) is 8.82. The molecule has 0 bridgehead atoms. The van der Waals surface area contributed by atoms with Crippen LogP contribution < -0.4 is 10.1 Å². The van der Waals surface area contributed by atoms with Gasteiger partial charge in [0.05, 0.1) is 7.11 Å². The molecule has 152 valence electrons. The quantitative estimate of drug-likeness (QED) is 0.582. The summed E-state index contributed by atoms with van der Waals surface area (Å²) in [6.07, 6.45) is 0. The van der Waals surface area contributed by atoms with Crippen molar-refractivity contribution in [3.63, 3.8) is 0 Å². The molecule has 0 radical (unpaired) electrons. The van der Waals surface area contributed by atoms with Crippen molar-refractivity contribution in [3.05, 3.63) is 64.7 Å². The molecule has 0 atom stereocenters. The van der Waals surface area contributed by atoms with Gasteiger partial charge in [0.1, 0.15) is 5.82 Å². The van der Waals surface area contributed by atoms with Gasteiger partial charge in [-0.1, -0.05) is 12.1 Å². The largest absolute Gasteiger partial charge is 0.494 e. The molecule has 0 aliphatic rings. The number of hydrogen-bond donors (Lipinski definition) is 1. The van der Waals surface area contributed by atoms with Crippen LogP contribution in [0.25, 0.3) is 0 Å². The van der Waals surface area contributed by atoms with Crippen LogP contribution in [0.1, 0.15) is 16.7 Å². The van der Waals surface area contributed by atoms with E-state index in [-0.39, 0.29) is 11.6 Å². The molecule has 0 aliphatic heterocycles. The smallest absolute Gasteiger partial charge is 0.193 e. The number of benzene rings is 2. The normalized spacial score (nSPS) is 11.6. The van der Waals surface area contributed by atoms with Gasteiger partial charge in [0, 0.05) is 39.3 Å².